The molecule has 0 fully saturated rings. The summed E-state index contributed by atoms with van der Waals surface area (Å²) in [5.74, 6) is 0. The minimum Gasteiger partial charge on any atom is -0.302 e. The van der Waals surface area contributed by atoms with E-state index in [1.54, 1.807) is 5.57 Å². The fourth-order valence-corrected chi connectivity index (χ4v) is 5.37. The fourth-order valence-electron chi connectivity index (χ4n) is 5.37. The summed E-state index contributed by atoms with van der Waals surface area (Å²) in [7, 11) is 2.29. The largest absolute Gasteiger partial charge is 0.302 e. The molecule has 1 aliphatic heterocycles. The van der Waals surface area contributed by atoms with Crippen LogP contribution in [-0.4, -0.2) is 25.0 Å². The Morgan fingerprint density at radius 3 is 2.00 bits per heavy atom. The molecule has 0 radical (unpaired) electrons. The average Bonchev–Trinajstić information content (AvgIpc) is 2.72. The van der Waals surface area contributed by atoms with Crippen LogP contribution in [0.1, 0.15) is 49.7 Å². The number of benzene rings is 2. The molecule has 0 spiro atoms. The van der Waals surface area contributed by atoms with E-state index in [1.165, 1.54) is 75.6 Å². The summed E-state index contributed by atoms with van der Waals surface area (Å²) in [6.45, 7) is 2.44. The maximum atomic E-state index is 2.52. The van der Waals surface area contributed by atoms with Gasteiger partial charge in [-0.15, -0.1) is 0 Å². The van der Waals surface area contributed by atoms with Gasteiger partial charge < -0.3 is 4.90 Å². The van der Waals surface area contributed by atoms with Crippen molar-refractivity contribution >= 4 is 0 Å². The van der Waals surface area contributed by atoms with Gasteiger partial charge >= 0.3 is 0 Å². The Hall–Kier alpha value is -1.86. The molecule has 27 heavy (non-hydrogen) atoms. The Labute approximate surface area is 165 Å². The lowest BCUT2D eigenvalue weighted by Crippen LogP contribution is -2.38. The van der Waals surface area contributed by atoms with Crippen molar-refractivity contribution in [1.29, 1.82) is 0 Å². The normalized spacial score (nSPS) is 19.7. The second-order valence-corrected chi connectivity index (χ2v) is 8.67. The number of rotatable bonds is 6. The second kappa shape index (κ2) is 8.44. The van der Waals surface area contributed by atoms with E-state index in [1.807, 2.05) is 5.57 Å². The van der Waals surface area contributed by atoms with Crippen molar-refractivity contribution in [3.63, 3.8) is 0 Å². The third-order valence-electron chi connectivity index (χ3n) is 6.88. The molecule has 2 aliphatic rings. The molecule has 0 aromatic heterocycles. The number of likely N-dealkylation sites (N-methyl/N-ethyl adjacent to an activating group) is 1. The molecule has 1 nitrogen and oxygen atoms in total. The lowest BCUT2D eigenvalue weighted by atomic mass is 9.62. The van der Waals surface area contributed by atoms with E-state index in [-0.39, 0.29) is 0 Å². The van der Waals surface area contributed by atoms with Gasteiger partial charge in [-0.25, -0.2) is 0 Å². The van der Waals surface area contributed by atoms with Gasteiger partial charge in [-0.05, 0) is 75.0 Å². The maximum absolute atomic E-state index is 2.52. The Balaban J connectivity index is 1.59. The van der Waals surface area contributed by atoms with Crippen LogP contribution in [0.3, 0.4) is 0 Å². The molecule has 0 atom stereocenters. The zero-order chi connectivity index (χ0) is 18.5. The first-order chi connectivity index (χ1) is 13.3. The number of hydrogen-bond donors (Lipinski definition) is 0. The van der Waals surface area contributed by atoms with Crippen molar-refractivity contribution in [3.05, 3.63) is 82.9 Å². The number of nitrogens with zero attached hydrogens (tertiary/aromatic N) is 1. The van der Waals surface area contributed by atoms with Crippen molar-refractivity contribution < 1.29 is 0 Å². The van der Waals surface area contributed by atoms with Crippen LogP contribution in [0.25, 0.3) is 0 Å². The molecule has 0 saturated carbocycles. The SMILES string of the molecule is CN1CCC2=C(CCCC2(CCc2ccccc2)CCc2ccccc2)C1. The molecule has 4 rings (SSSR count). The quantitative estimate of drug-likeness (QED) is 0.567. The van der Waals surface area contributed by atoms with Gasteiger partial charge in [-0.3, -0.25) is 0 Å². The Kier molecular flexibility index (Phi) is 5.78. The van der Waals surface area contributed by atoms with Crippen LogP contribution in [0.5, 0.6) is 0 Å². The van der Waals surface area contributed by atoms with E-state index >= 15 is 0 Å². The molecule has 0 amide bonds. The van der Waals surface area contributed by atoms with Crippen LogP contribution in [-0.2, 0) is 12.8 Å². The fraction of sp³-hybridized carbons (Fsp3) is 0.462. The summed E-state index contributed by atoms with van der Waals surface area (Å²) in [6, 6.07) is 22.2. The molecule has 2 aromatic carbocycles. The zero-order valence-electron chi connectivity index (χ0n) is 16.8. The Morgan fingerprint density at radius 2 is 1.41 bits per heavy atom. The smallest absolute Gasteiger partial charge is 0.0192 e. The molecule has 142 valence electrons. The summed E-state index contributed by atoms with van der Waals surface area (Å²) in [4.78, 5) is 2.52. The van der Waals surface area contributed by atoms with Gasteiger partial charge in [0.25, 0.3) is 0 Å². The van der Waals surface area contributed by atoms with Crippen LogP contribution in [0, 0.1) is 5.41 Å². The highest BCUT2D eigenvalue weighted by atomic mass is 15.1. The Morgan fingerprint density at radius 1 is 0.815 bits per heavy atom. The van der Waals surface area contributed by atoms with Crippen molar-refractivity contribution in [2.75, 3.05) is 20.1 Å². The Bertz CT molecular complexity index is 716. The highest BCUT2D eigenvalue weighted by Crippen LogP contribution is 2.50. The van der Waals surface area contributed by atoms with E-state index in [0.717, 1.165) is 0 Å². The van der Waals surface area contributed by atoms with Crippen LogP contribution in [0.4, 0.5) is 0 Å². The van der Waals surface area contributed by atoms with E-state index in [9.17, 15) is 0 Å². The third-order valence-corrected chi connectivity index (χ3v) is 6.88. The first-order valence-electron chi connectivity index (χ1n) is 10.7. The summed E-state index contributed by atoms with van der Waals surface area (Å²) in [5, 5.41) is 0. The summed E-state index contributed by atoms with van der Waals surface area (Å²) in [6.07, 6.45) is 10.4. The minimum atomic E-state index is 0.417. The lowest BCUT2D eigenvalue weighted by molar-refractivity contribution is 0.212. The first kappa shape index (κ1) is 18.5. The molecule has 2 aromatic rings. The topological polar surface area (TPSA) is 3.24 Å². The molecular formula is C26H33N. The standard InChI is InChI=1S/C26H33N/c1-27-20-16-25-24(21-27)13-8-17-26(25,18-14-22-9-4-2-5-10-22)19-15-23-11-6-3-7-12-23/h2-7,9-12H,8,13-21H2,1H3. The molecule has 0 saturated heterocycles. The van der Waals surface area contributed by atoms with Crippen LogP contribution < -0.4 is 0 Å². The van der Waals surface area contributed by atoms with Crippen molar-refractivity contribution in [1.82, 2.24) is 4.90 Å². The highest BCUT2D eigenvalue weighted by molar-refractivity contribution is 5.30. The van der Waals surface area contributed by atoms with E-state index in [2.05, 4.69) is 72.6 Å². The van der Waals surface area contributed by atoms with Gasteiger partial charge in [0.15, 0.2) is 0 Å². The van der Waals surface area contributed by atoms with Gasteiger partial charge in [0.05, 0.1) is 0 Å². The van der Waals surface area contributed by atoms with Gasteiger partial charge in [0.2, 0.25) is 0 Å². The summed E-state index contributed by atoms with van der Waals surface area (Å²) in [5.41, 5.74) is 7.03. The van der Waals surface area contributed by atoms with E-state index < -0.39 is 0 Å². The zero-order valence-corrected chi connectivity index (χ0v) is 16.8. The predicted molar refractivity (Wildman–Crippen MR) is 115 cm³/mol. The first-order valence-corrected chi connectivity index (χ1v) is 10.7. The summed E-state index contributed by atoms with van der Waals surface area (Å²) < 4.78 is 0. The van der Waals surface area contributed by atoms with Gasteiger partial charge in [0, 0.05) is 13.1 Å². The molecule has 0 bridgehead atoms. The van der Waals surface area contributed by atoms with Crippen LogP contribution >= 0.6 is 0 Å². The van der Waals surface area contributed by atoms with E-state index in [4.69, 9.17) is 0 Å². The van der Waals surface area contributed by atoms with Gasteiger partial charge in [-0.2, -0.15) is 0 Å². The maximum Gasteiger partial charge on any atom is 0.0192 e. The average molecular weight is 360 g/mol. The van der Waals surface area contributed by atoms with Crippen LogP contribution in [0.15, 0.2) is 71.8 Å². The van der Waals surface area contributed by atoms with Gasteiger partial charge in [0.1, 0.15) is 0 Å². The number of hydrogen-bond acceptors (Lipinski definition) is 1. The summed E-state index contributed by atoms with van der Waals surface area (Å²) >= 11 is 0. The highest BCUT2D eigenvalue weighted by Gasteiger charge is 2.38. The monoisotopic (exact) mass is 359 g/mol. The molecular weight excluding hydrogens is 326 g/mol. The van der Waals surface area contributed by atoms with Crippen molar-refractivity contribution in [2.24, 2.45) is 5.41 Å². The predicted octanol–water partition coefficient (Wildman–Crippen LogP) is 6.05. The second-order valence-electron chi connectivity index (χ2n) is 8.67. The van der Waals surface area contributed by atoms with Crippen molar-refractivity contribution in [3.8, 4) is 0 Å². The molecule has 1 heteroatoms. The van der Waals surface area contributed by atoms with Crippen LogP contribution in [0.2, 0.25) is 0 Å². The minimum absolute atomic E-state index is 0.417. The molecule has 1 aliphatic carbocycles. The van der Waals surface area contributed by atoms with Gasteiger partial charge in [-0.1, -0.05) is 71.8 Å². The molecule has 0 unspecified atom stereocenters. The van der Waals surface area contributed by atoms with Crippen molar-refractivity contribution in [2.45, 2.75) is 51.4 Å². The molecule has 0 N–H and O–H groups in total. The number of aryl methyl sites for hydroxylation is 2. The van der Waals surface area contributed by atoms with E-state index in [0.29, 0.717) is 5.41 Å². The lowest BCUT2D eigenvalue weighted by Gasteiger charge is -2.45. The third kappa shape index (κ3) is 4.35. The molecule has 1 heterocycles.